The number of aryl methyl sites for hydroxylation is 1. The molecule has 2 bridgehead atoms. The Balaban J connectivity index is 1.18. The first kappa shape index (κ1) is 18.0. The van der Waals surface area contributed by atoms with Gasteiger partial charge in [0.25, 0.3) is 0 Å². The Morgan fingerprint density at radius 1 is 1.19 bits per heavy atom. The highest BCUT2D eigenvalue weighted by Crippen LogP contribution is 2.48. The maximum Gasteiger partial charge on any atom is 0.411 e. The molecule has 4 atom stereocenters. The summed E-state index contributed by atoms with van der Waals surface area (Å²) in [5, 5.41) is 2.68. The normalized spacial score (nSPS) is 28.6. The zero-order chi connectivity index (χ0) is 19.0. The average molecular weight is 372 g/mol. The summed E-state index contributed by atoms with van der Waals surface area (Å²) in [6.07, 6.45) is 2.31. The number of hydrogen-bond acceptors (Lipinski definition) is 5. The number of ether oxygens (including phenoxy) is 2. The number of rotatable bonds is 6. The van der Waals surface area contributed by atoms with E-state index in [2.05, 4.69) is 5.32 Å². The number of likely N-dealkylation sites (tertiary alicyclic amines) is 1. The van der Waals surface area contributed by atoms with Gasteiger partial charge < -0.3 is 9.47 Å². The van der Waals surface area contributed by atoms with Crippen LogP contribution >= 0.6 is 0 Å². The number of carbonyl (C=O) groups is 3. The zero-order valence-electron chi connectivity index (χ0n) is 15.3. The average Bonchev–Trinajstić information content (AvgIpc) is 3.30. The van der Waals surface area contributed by atoms with Gasteiger partial charge in [-0.1, -0.05) is 12.1 Å². The molecule has 7 heteroatoms. The van der Waals surface area contributed by atoms with E-state index in [9.17, 15) is 14.4 Å². The lowest BCUT2D eigenvalue weighted by atomic mass is 9.81. The molecule has 3 fully saturated rings. The van der Waals surface area contributed by atoms with E-state index >= 15 is 0 Å². The van der Waals surface area contributed by atoms with Gasteiger partial charge in [0.15, 0.2) is 0 Å². The molecule has 1 aromatic rings. The standard InChI is InChI=1S/C20H24N2O5/c1-12-5-4-6-13(11-12)21-20(25)26-10-3-2-9-22-18(23)16-14-7-8-15(27-14)17(16)19(22)24/h4-6,11,14-17H,2-3,7-10H2,1H3,(H,21,25). The number of hydrogen-bond donors (Lipinski definition) is 1. The second-order valence-corrected chi connectivity index (χ2v) is 7.51. The predicted octanol–water partition coefficient (Wildman–Crippen LogP) is 2.49. The van der Waals surface area contributed by atoms with E-state index in [0.29, 0.717) is 25.1 Å². The molecule has 3 amide bonds. The topological polar surface area (TPSA) is 84.9 Å². The van der Waals surface area contributed by atoms with E-state index in [1.165, 1.54) is 4.90 Å². The monoisotopic (exact) mass is 372 g/mol. The van der Waals surface area contributed by atoms with Crippen molar-refractivity contribution in [1.82, 2.24) is 4.90 Å². The third-order valence-corrected chi connectivity index (χ3v) is 5.65. The molecule has 1 N–H and O–H groups in total. The minimum atomic E-state index is -0.503. The molecule has 0 saturated carbocycles. The van der Waals surface area contributed by atoms with Gasteiger partial charge >= 0.3 is 6.09 Å². The molecule has 3 aliphatic rings. The molecule has 144 valence electrons. The van der Waals surface area contributed by atoms with Crippen LogP contribution in [0.3, 0.4) is 0 Å². The molecule has 0 aliphatic carbocycles. The Bertz CT molecular complexity index is 736. The van der Waals surface area contributed by atoms with Crippen molar-refractivity contribution >= 4 is 23.6 Å². The number of unbranched alkanes of at least 4 members (excludes halogenated alkanes) is 1. The Labute approximate surface area is 158 Å². The summed E-state index contributed by atoms with van der Waals surface area (Å²) < 4.78 is 10.9. The van der Waals surface area contributed by atoms with Crippen LogP contribution in [0.15, 0.2) is 24.3 Å². The van der Waals surface area contributed by atoms with Crippen LogP contribution in [0.25, 0.3) is 0 Å². The summed E-state index contributed by atoms with van der Waals surface area (Å²) >= 11 is 0. The van der Waals surface area contributed by atoms with Crippen molar-refractivity contribution in [2.45, 2.75) is 44.8 Å². The quantitative estimate of drug-likeness (QED) is 0.613. The molecule has 27 heavy (non-hydrogen) atoms. The number of nitrogens with one attached hydrogen (secondary N) is 1. The molecule has 0 spiro atoms. The first-order valence-corrected chi connectivity index (χ1v) is 9.56. The van der Waals surface area contributed by atoms with Gasteiger partial charge in [-0.15, -0.1) is 0 Å². The molecule has 4 unspecified atom stereocenters. The van der Waals surface area contributed by atoms with Crippen molar-refractivity contribution in [3.05, 3.63) is 29.8 Å². The Hall–Kier alpha value is -2.41. The van der Waals surface area contributed by atoms with Crippen LogP contribution in [0, 0.1) is 18.8 Å². The van der Waals surface area contributed by atoms with E-state index in [-0.39, 0.29) is 42.5 Å². The molecule has 7 nitrogen and oxygen atoms in total. The summed E-state index contributed by atoms with van der Waals surface area (Å²) in [5.74, 6) is -0.717. The van der Waals surface area contributed by atoms with Gasteiger partial charge in [-0.25, -0.2) is 4.79 Å². The Morgan fingerprint density at radius 2 is 1.89 bits per heavy atom. The largest absolute Gasteiger partial charge is 0.449 e. The van der Waals surface area contributed by atoms with Gasteiger partial charge in [-0.2, -0.15) is 0 Å². The number of carbonyl (C=O) groups excluding carboxylic acids is 3. The minimum Gasteiger partial charge on any atom is -0.449 e. The van der Waals surface area contributed by atoms with Crippen LogP contribution in [0.1, 0.15) is 31.2 Å². The van der Waals surface area contributed by atoms with Crippen molar-refractivity contribution in [3.63, 3.8) is 0 Å². The Kier molecular flexibility index (Phi) is 4.86. The first-order chi connectivity index (χ1) is 13.0. The fourth-order valence-electron chi connectivity index (χ4n) is 4.41. The van der Waals surface area contributed by atoms with Crippen molar-refractivity contribution in [1.29, 1.82) is 0 Å². The molecule has 3 saturated heterocycles. The highest BCUT2D eigenvalue weighted by molar-refractivity contribution is 6.06. The Morgan fingerprint density at radius 3 is 2.56 bits per heavy atom. The van der Waals surface area contributed by atoms with Gasteiger partial charge in [-0.3, -0.25) is 19.8 Å². The second-order valence-electron chi connectivity index (χ2n) is 7.51. The SMILES string of the molecule is Cc1cccc(NC(=O)OCCCCN2C(=O)C3C4CCC(O4)C3C2=O)c1. The van der Waals surface area contributed by atoms with Crippen LogP contribution in [-0.4, -0.2) is 48.2 Å². The van der Waals surface area contributed by atoms with E-state index in [1.54, 1.807) is 6.07 Å². The second kappa shape index (κ2) is 7.31. The number of imide groups is 1. The maximum atomic E-state index is 12.5. The van der Waals surface area contributed by atoms with Crippen molar-refractivity contribution in [2.75, 3.05) is 18.5 Å². The third-order valence-electron chi connectivity index (χ3n) is 5.65. The third kappa shape index (κ3) is 3.43. The lowest BCUT2D eigenvalue weighted by Crippen LogP contribution is -2.35. The number of fused-ring (bicyclic) bond motifs is 5. The summed E-state index contributed by atoms with van der Waals surface area (Å²) in [7, 11) is 0. The fraction of sp³-hybridized carbons (Fsp3) is 0.550. The fourth-order valence-corrected chi connectivity index (χ4v) is 4.41. The molecule has 4 rings (SSSR count). The van der Waals surface area contributed by atoms with Gasteiger partial charge in [0.05, 0.1) is 30.7 Å². The first-order valence-electron chi connectivity index (χ1n) is 9.56. The van der Waals surface area contributed by atoms with Crippen LogP contribution in [0.5, 0.6) is 0 Å². The van der Waals surface area contributed by atoms with Gasteiger partial charge in [0, 0.05) is 12.2 Å². The number of benzene rings is 1. The predicted molar refractivity (Wildman–Crippen MR) is 97.0 cm³/mol. The van der Waals surface area contributed by atoms with E-state index in [1.807, 2.05) is 25.1 Å². The van der Waals surface area contributed by atoms with Crippen molar-refractivity contribution in [2.24, 2.45) is 11.8 Å². The number of nitrogens with zero attached hydrogens (tertiary/aromatic N) is 1. The lowest BCUT2D eigenvalue weighted by Gasteiger charge is -2.17. The number of anilines is 1. The van der Waals surface area contributed by atoms with E-state index < -0.39 is 6.09 Å². The van der Waals surface area contributed by atoms with Crippen LogP contribution in [-0.2, 0) is 19.1 Å². The zero-order valence-corrected chi connectivity index (χ0v) is 15.3. The van der Waals surface area contributed by atoms with Gasteiger partial charge in [-0.05, 0) is 50.3 Å². The molecule has 0 aromatic heterocycles. The van der Waals surface area contributed by atoms with Crippen LogP contribution in [0.2, 0.25) is 0 Å². The molecular formula is C20H24N2O5. The van der Waals surface area contributed by atoms with Gasteiger partial charge in [0.1, 0.15) is 0 Å². The molecule has 0 radical (unpaired) electrons. The molecule has 1 aromatic carbocycles. The van der Waals surface area contributed by atoms with Crippen molar-refractivity contribution in [3.8, 4) is 0 Å². The number of amides is 3. The summed E-state index contributed by atoms with van der Waals surface area (Å²) in [4.78, 5) is 38.2. The van der Waals surface area contributed by atoms with E-state index in [4.69, 9.17) is 9.47 Å². The summed E-state index contributed by atoms with van der Waals surface area (Å²) in [6, 6.07) is 7.47. The molecular weight excluding hydrogens is 348 g/mol. The minimum absolute atomic E-state index is 0.0740. The van der Waals surface area contributed by atoms with E-state index in [0.717, 1.165) is 18.4 Å². The van der Waals surface area contributed by atoms with Crippen LogP contribution < -0.4 is 5.32 Å². The molecule has 3 aliphatic heterocycles. The smallest absolute Gasteiger partial charge is 0.411 e. The summed E-state index contributed by atoms with van der Waals surface area (Å²) in [5.41, 5.74) is 1.74. The highest BCUT2D eigenvalue weighted by Gasteiger charge is 2.62. The highest BCUT2D eigenvalue weighted by atomic mass is 16.5. The van der Waals surface area contributed by atoms with Crippen LogP contribution in [0.4, 0.5) is 10.5 Å². The van der Waals surface area contributed by atoms with Crippen molar-refractivity contribution < 1.29 is 23.9 Å². The lowest BCUT2D eigenvalue weighted by molar-refractivity contribution is -0.142. The summed E-state index contributed by atoms with van der Waals surface area (Å²) in [6.45, 7) is 2.57. The maximum absolute atomic E-state index is 12.5. The molecule has 3 heterocycles. The van der Waals surface area contributed by atoms with Gasteiger partial charge in [0.2, 0.25) is 11.8 Å².